The van der Waals surface area contributed by atoms with Gasteiger partial charge in [-0.15, -0.1) is 0 Å². The molecular weight excluding hydrogens is 276 g/mol. The Morgan fingerprint density at radius 1 is 1.05 bits per heavy atom. The number of aromatic nitrogens is 1. The van der Waals surface area contributed by atoms with Crippen molar-refractivity contribution in [3.63, 3.8) is 0 Å². The molecule has 1 aliphatic carbocycles. The molecular formula is C18H16N2O2. The Labute approximate surface area is 128 Å². The zero-order valence-electron chi connectivity index (χ0n) is 12.3. The second-order valence-electron chi connectivity index (χ2n) is 6.23. The van der Waals surface area contributed by atoms with Crippen molar-refractivity contribution in [2.24, 2.45) is 11.8 Å². The Bertz CT molecular complexity index is 720. The predicted octanol–water partition coefficient (Wildman–Crippen LogP) is 2.15. The maximum absolute atomic E-state index is 12.6. The number of nitrogens with zero attached hydrogens (tertiary/aromatic N) is 2. The van der Waals surface area contributed by atoms with Crippen LogP contribution < -0.4 is 0 Å². The average Bonchev–Trinajstić information content (AvgIpc) is 3.12. The molecule has 1 saturated heterocycles. The molecule has 1 aliphatic heterocycles. The van der Waals surface area contributed by atoms with Gasteiger partial charge in [0.2, 0.25) is 11.8 Å². The number of fused-ring (bicyclic) bond motifs is 1. The number of piperidine rings is 1. The number of carbonyl (C=O) groups is 2. The molecule has 2 aromatic rings. The number of rotatable bonds is 3. The molecule has 2 heterocycles. The molecule has 22 heavy (non-hydrogen) atoms. The summed E-state index contributed by atoms with van der Waals surface area (Å²) >= 11 is 0. The number of amides is 2. The van der Waals surface area contributed by atoms with Crippen LogP contribution in [-0.2, 0) is 21.5 Å². The van der Waals surface area contributed by atoms with Crippen LogP contribution in [0.1, 0.15) is 18.1 Å². The van der Waals surface area contributed by atoms with Gasteiger partial charge in [0.15, 0.2) is 0 Å². The van der Waals surface area contributed by atoms with E-state index in [0.29, 0.717) is 6.54 Å². The lowest BCUT2D eigenvalue weighted by atomic mass is 9.93. The van der Waals surface area contributed by atoms with Gasteiger partial charge in [-0.05, 0) is 17.2 Å². The highest BCUT2D eigenvalue weighted by atomic mass is 16.2. The van der Waals surface area contributed by atoms with Crippen LogP contribution in [0.25, 0.3) is 0 Å². The second kappa shape index (κ2) is 4.50. The minimum absolute atomic E-state index is 0.0507. The molecule has 4 heteroatoms. The number of imide groups is 1. The van der Waals surface area contributed by atoms with Crippen LogP contribution >= 0.6 is 0 Å². The van der Waals surface area contributed by atoms with Gasteiger partial charge in [-0.2, -0.15) is 0 Å². The lowest BCUT2D eigenvalue weighted by Gasteiger charge is -2.23. The van der Waals surface area contributed by atoms with Crippen LogP contribution in [0.4, 0.5) is 0 Å². The minimum atomic E-state index is -0.379. The molecule has 4 nitrogen and oxygen atoms in total. The van der Waals surface area contributed by atoms with Crippen molar-refractivity contribution in [2.45, 2.75) is 18.9 Å². The normalized spacial score (nSPS) is 29.6. The van der Waals surface area contributed by atoms with Crippen LogP contribution in [0.5, 0.6) is 0 Å². The van der Waals surface area contributed by atoms with E-state index in [1.165, 1.54) is 4.90 Å². The average molecular weight is 292 g/mol. The molecule has 0 spiro atoms. The summed E-state index contributed by atoms with van der Waals surface area (Å²) in [6.07, 6.45) is 3.47. The van der Waals surface area contributed by atoms with E-state index in [4.69, 9.17) is 0 Å². The number of hydrogen-bond donors (Lipinski definition) is 0. The number of likely N-dealkylation sites (tertiary alicyclic amines) is 1. The standard InChI is InChI=1S/C18H16N2O2/c1-18(13-8-5-9-19-10-13)14-15(18)17(22)20(16(14)21)11-12-6-3-2-4-7-12/h2-10,14-15H,11H2,1H3. The molecule has 110 valence electrons. The predicted molar refractivity (Wildman–Crippen MR) is 80.6 cm³/mol. The number of benzene rings is 1. The van der Waals surface area contributed by atoms with E-state index in [0.717, 1.165) is 11.1 Å². The molecule has 4 rings (SSSR count). The van der Waals surface area contributed by atoms with E-state index < -0.39 is 0 Å². The third-order valence-corrected chi connectivity index (χ3v) is 5.05. The van der Waals surface area contributed by atoms with Gasteiger partial charge < -0.3 is 0 Å². The molecule has 2 aliphatic rings. The van der Waals surface area contributed by atoms with Crippen LogP contribution in [0, 0.1) is 11.8 Å². The van der Waals surface area contributed by atoms with E-state index in [1.807, 2.05) is 49.4 Å². The zero-order valence-corrected chi connectivity index (χ0v) is 12.3. The van der Waals surface area contributed by atoms with E-state index in [2.05, 4.69) is 4.98 Å². The Morgan fingerprint density at radius 2 is 1.73 bits per heavy atom. The molecule has 1 saturated carbocycles. The number of carbonyl (C=O) groups excluding carboxylic acids is 2. The summed E-state index contributed by atoms with van der Waals surface area (Å²) in [6, 6.07) is 13.4. The molecule has 1 aromatic heterocycles. The fourth-order valence-electron chi connectivity index (χ4n) is 3.72. The molecule has 2 fully saturated rings. The SMILES string of the molecule is CC1(c2cccnc2)C2C(=O)N(Cc3ccccc3)C(=O)C21. The monoisotopic (exact) mass is 292 g/mol. The Balaban J connectivity index is 1.59. The van der Waals surface area contributed by atoms with Gasteiger partial charge in [-0.1, -0.05) is 43.3 Å². The highest BCUT2D eigenvalue weighted by Gasteiger charge is 2.75. The summed E-state index contributed by atoms with van der Waals surface area (Å²) in [7, 11) is 0. The maximum atomic E-state index is 12.6. The largest absolute Gasteiger partial charge is 0.278 e. The molecule has 2 amide bonds. The maximum Gasteiger partial charge on any atom is 0.234 e. The summed E-state index contributed by atoms with van der Waals surface area (Å²) in [5.74, 6) is -0.559. The molecule has 0 N–H and O–H groups in total. The van der Waals surface area contributed by atoms with Gasteiger partial charge >= 0.3 is 0 Å². The van der Waals surface area contributed by atoms with Crippen LogP contribution in [-0.4, -0.2) is 21.7 Å². The lowest BCUT2D eigenvalue weighted by Crippen LogP contribution is -2.37. The van der Waals surface area contributed by atoms with E-state index >= 15 is 0 Å². The molecule has 0 bridgehead atoms. The first-order valence-electron chi connectivity index (χ1n) is 7.43. The Morgan fingerprint density at radius 3 is 2.32 bits per heavy atom. The summed E-state index contributed by atoms with van der Waals surface area (Å²) in [5.41, 5.74) is 1.58. The van der Waals surface area contributed by atoms with Crippen LogP contribution in [0.2, 0.25) is 0 Å². The Kier molecular flexibility index (Phi) is 2.70. The second-order valence-corrected chi connectivity index (χ2v) is 6.23. The first-order chi connectivity index (χ1) is 10.6. The first kappa shape index (κ1) is 13.2. The highest BCUT2D eigenvalue weighted by molar-refractivity contribution is 6.11. The topological polar surface area (TPSA) is 50.3 Å². The zero-order chi connectivity index (χ0) is 15.3. The van der Waals surface area contributed by atoms with Gasteiger partial charge in [-0.25, -0.2) is 0 Å². The van der Waals surface area contributed by atoms with Crippen molar-refractivity contribution in [1.29, 1.82) is 0 Å². The van der Waals surface area contributed by atoms with Crippen LogP contribution in [0.15, 0.2) is 54.9 Å². The van der Waals surface area contributed by atoms with Crippen molar-refractivity contribution in [1.82, 2.24) is 9.88 Å². The van der Waals surface area contributed by atoms with E-state index in [1.54, 1.807) is 12.4 Å². The third-order valence-electron chi connectivity index (χ3n) is 5.05. The van der Waals surface area contributed by atoms with Crippen molar-refractivity contribution in [3.8, 4) is 0 Å². The number of hydrogen-bond acceptors (Lipinski definition) is 3. The van der Waals surface area contributed by atoms with Crippen molar-refractivity contribution < 1.29 is 9.59 Å². The molecule has 2 atom stereocenters. The van der Waals surface area contributed by atoms with E-state index in [-0.39, 0.29) is 29.1 Å². The summed E-state index contributed by atoms with van der Waals surface area (Å²) in [6.45, 7) is 2.36. The first-order valence-corrected chi connectivity index (χ1v) is 7.43. The molecule has 0 radical (unpaired) electrons. The van der Waals surface area contributed by atoms with Gasteiger partial charge in [0.1, 0.15) is 0 Å². The van der Waals surface area contributed by atoms with Gasteiger partial charge in [0.05, 0.1) is 18.4 Å². The fraction of sp³-hybridized carbons (Fsp3) is 0.278. The van der Waals surface area contributed by atoms with Gasteiger partial charge in [0, 0.05) is 17.8 Å². The van der Waals surface area contributed by atoms with Gasteiger partial charge in [0.25, 0.3) is 0 Å². The third kappa shape index (κ3) is 1.67. The van der Waals surface area contributed by atoms with Crippen molar-refractivity contribution >= 4 is 11.8 Å². The smallest absolute Gasteiger partial charge is 0.234 e. The van der Waals surface area contributed by atoms with Crippen LogP contribution in [0.3, 0.4) is 0 Å². The lowest BCUT2D eigenvalue weighted by molar-refractivity contribution is -0.143. The molecule has 1 aromatic carbocycles. The summed E-state index contributed by atoms with van der Waals surface area (Å²) in [5, 5.41) is 0. The number of pyridine rings is 1. The fourth-order valence-corrected chi connectivity index (χ4v) is 3.72. The minimum Gasteiger partial charge on any atom is -0.278 e. The molecule has 2 unspecified atom stereocenters. The quantitative estimate of drug-likeness (QED) is 0.815. The summed E-state index contributed by atoms with van der Waals surface area (Å²) in [4.78, 5) is 30.8. The Hall–Kier alpha value is -2.49. The van der Waals surface area contributed by atoms with Crippen molar-refractivity contribution in [3.05, 3.63) is 66.0 Å². The highest BCUT2D eigenvalue weighted by Crippen LogP contribution is 2.64. The van der Waals surface area contributed by atoms with Gasteiger partial charge in [-0.3, -0.25) is 19.5 Å². The summed E-state index contributed by atoms with van der Waals surface area (Å²) < 4.78 is 0. The van der Waals surface area contributed by atoms with E-state index in [9.17, 15) is 9.59 Å². The van der Waals surface area contributed by atoms with Crippen molar-refractivity contribution in [2.75, 3.05) is 0 Å².